The molecule has 2 N–H and O–H groups in total. The predicted octanol–water partition coefficient (Wildman–Crippen LogP) is 4.44. The van der Waals surface area contributed by atoms with E-state index in [1.165, 1.54) is 12.4 Å². The molecule has 0 bridgehead atoms. The number of benzene rings is 2. The molecule has 0 spiro atoms. The third-order valence-corrected chi connectivity index (χ3v) is 4.08. The van der Waals surface area contributed by atoms with Crippen LogP contribution in [0.2, 0.25) is 0 Å². The van der Waals surface area contributed by atoms with E-state index in [2.05, 4.69) is 25.6 Å². The Morgan fingerprint density at radius 2 is 1.59 bits per heavy atom. The van der Waals surface area contributed by atoms with E-state index in [0.29, 0.717) is 5.69 Å². The molecule has 0 fully saturated rings. The number of fused-ring (bicyclic) bond motifs is 1. The minimum Gasteiger partial charge on any atom is -0.322 e. The van der Waals surface area contributed by atoms with Crippen molar-refractivity contribution in [1.82, 2.24) is 15.0 Å². The highest BCUT2D eigenvalue weighted by Crippen LogP contribution is 2.23. The highest BCUT2D eigenvalue weighted by atomic mass is 19.2. The van der Waals surface area contributed by atoms with Gasteiger partial charge in [0.2, 0.25) is 5.95 Å². The van der Waals surface area contributed by atoms with Crippen LogP contribution in [0.3, 0.4) is 0 Å². The number of carbonyl (C=O) groups is 1. The van der Waals surface area contributed by atoms with E-state index >= 15 is 0 Å². The van der Waals surface area contributed by atoms with Crippen LogP contribution in [0.4, 0.5) is 30.5 Å². The minimum absolute atomic E-state index is 0.00993. The van der Waals surface area contributed by atoms with Crippen molar-refractivity contribution in [3.05, 3.63) is 84.1 Å². The van der Waals surface area contributed by atoms with Crippen LogP contribution in [0.15, 0.2) is 61.1 Å². The standard InChI is InChI=1S/C20H12F3N5O/c21-13-6-7-14(17(23)16(13)22)27-19(29)12-9-25-20(26-10-12)28-15-5-1-3-11-4-2-8-24-18(11)15/h1-10H,(H,27,29)(H,25,26,28). The van der Waals surface area contributed by atoms with Gasteiger partial charge in [-0.2, -0.15) is 0 Å². The Bertz CT molecular complexity index is 1210. The van der Waals surface area contributed by atoms with Gasteiger partial charge in [-0.1, -0.05) is 18.2 Å². The van der Waals surface area contributed by atoms with Gasteiger partial charge in [-0.25, -0.2) is 23.1 Å². The smallest absolute Gasteiger partial charge is 0.258 e. The van der Waals surface area contributed by atoms with E-state index < -0.39 is 29.0 Å². The van der Waals surface area contributed by atoms with Gasteiger partial charge in [-0.05, 0) is 24.3 Å². The van der Waals surface area contributed by atoms with Gasteiger partial charge < -0.3 is 10.6 Å². The Hall–Kier alpha value is -4.01. The monoisotopic (exact) mass is 395 g/mol. The van der Waals surface area contributed by atoms with E-state index in [1.54, 1.807) is 6.20 Å². The highest BCUT2D eigenvalue weighted by Gasteiger charge is 2.16. The van der Waals surface area contributed by atoms with Gasteiger partial charge in [0.15, 0.2) is 17.5 Å². The molecule has 29 heavy (non-hydrogen) atoms. The third kappa shape index (κ3) is 3.70. The van der Waals surface area contributed by atoms with Crippen molar-refractivity contribution in [2.24, 2.45) is 0 Å². The Balaban J connectivity index is 1.52. The molecular formula is C20H12F3N5O. The van der Waals surface area contributed by atoms with Crippen LogP contribution >= 0.6 is 0 Å². The molecule has 2 heterocycles. The average molecular weight is 395 g/mol. The van der Waals surface area contributed by atoms with Gasteiger partial charge in [0, 0.05) is 24.0 Å². The first-order valence-corrected chi connectivity index (χ1v) is 8.40. The van der Waals surface area contributed by atoms with Crippen molar-refractivity contribution < 1.29 is 18.0 Å². The predicted molar refractivity (Wildman–Crippen MR) is 101 cm³/mol. The first-order chi connectivity index (χ1) is 14.0. The number of hydrogen-bond donors (Lipinski definition) is 2. The quantitative estimate of drug-likeness (QED) is 0.500. The SMILES string of the molecule is O=C(Nc1ccc(F)c(F)c1F)c1cnc(Nc2cccc3cccnc23)nc1. The van der Waals surface area contributed by atoms with Gasteiger partial charge >= 0.3 is 0 Å². The lowest BCUT2D eigenvalue weighted by atomic mass is 10.2. The van der Waals surface area contributed by atoms with Crippen molar-refractivity contribution >= 4 is 34.1 Å². The van der Waals surface area contributed by atoms with Crippen LogP contribution in [0, 0.1) is 17.5 Å². The van der Waals surface area contributed by atoms with E-state index in [9.17, 15) is 18.0 Å². The highest BCUT2D eigenvalue weighted by molar-refractivity contribution is 6.04. The molecule has 1 amide bonds. The number of amides is 1. The first-order valence-electron chi connectivity index (χ1n) is 8.40. The van der Waals surface area contributed by atoms with Gasteiger partial charge in [0.05, 0.1) is 22.5 Å². The lowest BCUT2D eigenvalue weighted by molar-refractivity contribution is 0.102. The Labute approximate surface area is 162 Å². The van der Waals surface area contributed by atoms with Crippen molar-refractivity contribution in [2.45, 2.75) is 0 Å². The molecule has 4 aromatic rings. The summed E-state index contributed by atoms with van der Waals surface area (Å²) in [5, 5.41) is 6.11. The second kappa shape index (κ2) is 7.55. The van der Waals surface area contributed by atoms with Gasteiger partial charge in [0.1, 0.15) is 0 Å². The Kier molecular flexibility index (Phi) is 4.78. The van der Waals surface area contributed by atoms with E-state index in [4.69, 9.17) is 0 Å². The summed E-state index contributed by atoms with van der Waals surface area (Å²) in [5.74, 6) is -5.04. The number of carbonyl (C=O) groups excluding carboxylic acids is 1. The molecule has 0 aliphatic rings. The van der Waals surface area contributed by atoms with Gasteiger partial charge in [-0.15, -0.1) is 0 Å². The van der Waals surface area contributed by atoms with E-state index in [-0.39, 0.29) is 11.5 Å². The number of nitrogens with zero attached hydrogens (tertiary/aromatic N) is 3. The molecule has 6 nitrogen and oxygen atoms in total. The van der Waals surface area contributed by atoms with Gasteiger partial charge in [-0.3, -0.25) is 9.78 Å². The van der Waals surface area contributed by atoms with Crippen molar-refractivity contribution in [1.29, 1.82) is 0 Å². The van der Waals surface area contributed by atoms with Crippen molar-refractivity contribution in [2.75, 3.05) is 10.6 Å². The molecule has 9 heteroatoms. The maximum atomic E-state index is 13.7. The van der Waals surface area contributed by atoms with Crippen molar-refractivity contribution in [3.63, 3.8) is 0 Å². The van der Waals surface area contributed by atoms with Crippen LogP contribution in [-0.4, -0.2) is 20.9 Å². The fraction of sp³-hybridized carbons (Fsp3) is 0. The number of halogens is 3. The second-order valence-electron chi connectivity index (χ2n) is 5.98. The molecule has 0 aliphatic carbocycles. The molecule has 4 rings (SSSR count). The summed E-state index contributed by atoms with van der Waals surface area (Å²) in [6.45, 7) is 0. The summed E-state index contributed by atoms with van der Waals surface area (Å²) >= 11 is 0. The summed E-state index contributed by atoms with van der Waals surface area (Å²) in [5.41, 5.74) is 0.937. The number of anilines is 3. The molecule has 2 aromatic heterocycles. The molecule has 0 unspecified atom stereocenters. The topological polar surface area (TPSA) is 79.8 Å². The summed E-state index contributed by atoms with van der Waals surface area (Å²) in [6, 6.07) is 11.0. The normalized spacial score (nSPS) is 10.7. The molecule has 0 atom stereocenters. The molecule has 0 radical (unpaired) electrons. The zero-order chi connectivity index (χ0) is 20.4. The number of para-hydroxylation sites is 1. The van der Waals surface area contributed by atoms with E-state index in [0.717, 1.165) is 23.0 Å². The molecule has 0 saturated carbocycles. The van der Waals surface area contributed by atoms with Crippen LogP contribution in [-0.2, 0) is 0 Å². The first kappa shape index (κ1) is 18.4. The fourth-order valence-corrected chi connectivity index (χ4v) is 2.65. The van der Waals surface area contributed by atoms with Crippen LogP contribution < -0.4 is 10.6 Å². The maximum absolute atomic E-state index is 13.7. The Morgan fingerprint density at radius 3 is 2.38 bits per heavy atom. The lowest BCUT2D eigenvalue weighted by Gasteiger charge is -2.09. The lowest BCUT2D eigenvalue weighted by Crippen LogP contribution is -2.15. The van der Waals surface area contributed by atoms with Crippen LogP contribution in [0.25, 0.3) is 10.9 Å². The minimum atomic E-state index is -1.66. The molecular weight excluding hydrogens is 383 g/mol. The summed E-state index contributed by atoms with van der Waals surface area (Å²) in [7, 11) is 0. The van der Waals surface area contributed by atoms with E-state index in [1.807, 2.05) is 30.3 Å². The third-order valence-electron chi connectivity index (χ3n) is 4.08. The zero-order valence-corrected chi connectivity index (χ0v) is 14.7. The maximum Gasteiger partial charge on any atom is 0.258 e. The molecule has 2 aromatic carbocycles. The summed E-state index contributed by atoms with van der Waals surface area (Å²) < 4.78 is 40.0. The van der Waals surface area contributed by atoms with Crippen molar-refractivity contribution in [3.8, 4) is 0 Å². The average Bonchev–Trinajstić information content (AvgIpc) is 2.75. The molecule has 0 saturated heterocycles. The van der Waals surface area contributed by atoms with Gasteiger partial charge in [0.25, 0.3) is 5.91 Å². The molecule has 144 valence electrons. The van der Waals surface area contributed by atoms with Crippen LogP contribution in [0.5, 0.6) is 0 Å². The number of hydrogen-bond acceptors (Lipinski definition) is 5. The Morgan fingerprint density at radius 1 is 0.828 bits per heavy atom. The number of rotatable bonds is 4. The fourth-order valence-electron chi connectivity index (χ4n) is 2.65. The largest absolute Gasteiger partial charge is 0.322 e. The second-order valence-corrected chi connectivity index (χ2v) is 5.98. The summed E-state index contributed by atoms with van der Waals surface area (Å²) in [4.78, 5) is 24.6. The zero-order valence-electron chi connectivity index (χ0n) is 14.7. The molecule has 0 aliphatic heterocycles. The van der Waals surface area contributed by atoms with Crippen LogP contribution in [0.1, 0.15) is 10.4 Å². The summed E-state index contributed by atoms with van der Waals surface area (Å²) in [6.07, 6.45) is 4.11. The number of nitrogens with one attached hydrogen (secondary N) is 2. The number of pyridine rings is 1. The number of aromatic nitrogens is 3.